The second-order valence-corrected chi connectivity index (χ2v) is 6.43. The molecule has 0 saturated carbocycles. The van der Waals surface area contributed by atoms with Crippen molar-refractivity contribution in [2.24, 2.45) is 0 Å². The maximum atomic E-state index is 12.6. The van der Waals surface area contributed by atoms with Crippen molar-refractivity contribution < 1.29 is 19.1 Å². The molecule has 0 bridgehead atoms. The molecule has 0 atom stereocenters. The van der Waals surface area contributed by atoms with E-state index in [4.69, 9.17) is 16.3 Å². The zero-order chi connectivity index (χ0) is 18.8. The van der Waals surface area contributed by atoms with Crippen LogP contribution in [-0.2, 0) is 19.1 Å². The van der Waals surface area contributed by atoms with Crippen molar-refractivity contribution >= 4 is 29.6 Å². The third-order valence-electron chi connectivity index (χ3n) is 4.20. The quantitative estimate of drug-likeness (QED) is 0.510. The molecule has 0 aliphatic carbocycles. The van der Waals surface area contributed by atoms with Gasteiger partial charge in [-0.1, -0.05) is 23.7 Å². The Hall–Kier alpha value is -1.89. The van der Waals surface area contributed by atoms with E-state index < -0.39 is 0 Å². The average Bonchev–Trinajstić information content (AvgIpc) is 2.67. The number of esters is 1. The number of halogens is 1. The number of benzene rings is 1. The van der Waals surface area contributed by atoms with Crippen LogP contribution in [0.4, 0.5) is 0 Å². The molecular formula is C19H25ClN2O4. The maximum absolute atomic E-state index is 12.6. The number of methoxy groups -OCH3 is 1. The molecular weight excluding hydrogens is 356 g/mol. The molecule has 0 N–H and O–H groups in total. The minimum Gasteiger partial charge on any atom is -0.469 e. The highest BCUT2D eigenvalue weighted by molar-refractivity contribution is 6.30. The molecule has 6 nitrogen and oxygen atoms in total. The fourth-order valence-corrected chi connectivity index (χ4v) is 2.72. The first-order valence-corrected chi connectivity index (χ1v) is 9.06. The lowest BCUT2D eigenvalue weighted by Gasteiger charge is -2.29. The monoisotopic (exact) mass is 380 g/mol. The Bertz CT molecular complexity index is 612. The molecule has 26 heavy (non-hydrogen) atoms. The predicted octanol–water partition coefficient (Wildman–Crippen LogP) is 2.08. The molecule has 1 heterocycles. The van der Waals surface area contributed by atoms with Gasteiger partial charge in [-0.05, 0) is 23.8 Å². The summed E-state index contributed by atoms with van der Waals surface area (Å²) in [4.78, 5) is 27.9. The number of rotatable bonds is 8. The second kappa shape index (κ2) is 11.0. The lowest BCUT2D eigenvalue weighted by atomic mass is 10.2. The Morgan fingerprint density at radius 3 is 2.58 bits per heavy atom. The van der Waals surface area contributed by atoms with Crippen molar-refractivity contribution in [3.8, 4) is 0 Å². The molecule has 1 saturated heterocycles. The van der Waals surface area contributed by atoms with Crippen LogP contribution >= 0.6 is 11.6 Å². The molecule has 1 amide bonds. The molecule has 1 aliphatic heterocycles. The first kappa shape index (κ1) is 20.4. The van der Waals surface area contributed by atoms with E-state index in [0.717, 1.165) is 25.2 Å². The summed E-state index contributed by atoms with van der Waals surface area (Å²) in [7, 11) is 1.35. The highest BCUT2D eigenvalue weighted by Crippen LogP contribution is 2.11. The van der Waals surface area contributed by atoms with E-state index in [1.165, 1.54) is 13.2 Å². The van der Waals surface area contributed by atoms with E-state index in [1.807, 2.05) is 12.1 Å². The summed E-state index contributed by atoms with van der Waals surface area (Å²) in [5.74, 6) is -0.451. The zero-order valence-electron chi connectivity index (χ0n) is 15.0. The Morgan fingerprint density at radius 1 is 1.23 bits per heavy atom. The first-order chi connectivity index (χ1) is 12.6. The maximum Gasteiger partial charge on any atom is 0.307 e. The van der Waals surface area contributed by atoms with Crippen LogP contribution in [0.15, 0.2) is 30.3 Å². The Labute approximate surface area is 159 Å². The van der Waals surface area contributed by atoms with Gasteiger partial charge in [-0.2, -0.15) is 0 Å². The third-order valence-corrected chi connectivity index (χ3v) is 4.46. The van der Waals surface area contributed by atoms with E-state index >= 15 is 0 Å². The summed E-state index contributed by atoms with van der Waals surface area (Å²) in [5, 5.41) is 0.652. The number of carbonyl (C=O) groups excluding carboxylic acids is 2. The second-order valence-electron chi connectivity index (χ2n) is 5.99. The van der Waals surface area contributed by atoms with Crippen molar-refractivity contribution in [1.29, 1.82) is 0 Å². The van der Waals surface area contributed by atoms with Crippen molar-refractivity contribution in [2.75, 3.05) is 53.0 Å². The Balaban J connectivity index is 1.94. The number of morpholine rings is 1. The summed E-state index contributed by atoms with van der Waals surface area (Å²) in [6.45, 7) is 4.80. The van der Waals surface area contributed by atoms with Gasteiger partial charge in [0.2, 0.25) is 5.91 Å². The van der Waals surface area contributed by atoms with E-state index in [-0.39, 0.29) is 18.3 Å². The minimum absolute atomic E-state index is 0.128. The Kier molecular flexibility index (Phi) is 8.61. The smallest absolute Gasteiger partial charge is 0.307 e. The van der Waals surface area contributed by atoms with Crippen LogP contribution in [0, 0.1) is 0 Å². The Morgan fingerprint density at radius 2 is 1.92 bits per heavy atom. The van der Waals surface area contributed by atoms with Gasteiger partial charge in [0.05, 0.1) is 26.7 Å². The van der Waals surface area contributed by atoms with Gasteiger partial charge in [-0.3, -0.25) is 14.5 Å². The molecule has 0 unspecified atom stereocenters. The molecule has 1 aromatic rings. The minimum atomic E-state index is -0.323. The van der Waals surface area contributed by atoms with Crippen molar-refractivity contribution in [3.05, 3.63) is 40.9 Å². The highest BCUT2D eigenvalue weighted by atomic mass is 35.5. The number of ether oxygens (including phenoxy) is 2. The van der Waals surface area contributed by atoms with Crippen LogP contribution in [0.3, 0.4) is 0 Å². The van der Waals surface area contributed by atoms with E-state index in [2.05, 4.69) is 9.64 Å². The molecule has 1 aromatic carbocycles. The van der Waals surface area contributed by atoms with E-state index in [9.17, 15) is 9.59 Å². The molecule has 0 radical (unpaired) electrons. The van der Waals surface area contributed by atoms with Gasteiger partial charge in [0.15, 0.2) is 0 Å². The molecule has 0 aromatic heterocycles. The molecule has 1 aliphatic rings. The largest absolute Gasteiger partial charge is 0.469 e. The van der Waals surface area contributed by atoms with Gasteiger partial charge in [0, 0.05) is 43.8 Å². The van der Waals surface area contributed by atoms with Gasteiger partial charge in [-0.15, -0.1) is 0 Å². The topological polar surface area (TPSA) is 59.1 Å². The number of hydrogen-bond donors (Lipinski definition) is 0. The fraction of sp³-hybridized carbons (Fsp3) is 0.474. The van der Waals surface area contributed by atoms with Crippen molar-refractivity contribution in [2.45, 2.75) is 6.42 Å². The predicted molar refractivity (Wildman–Crippen MR) is 101 cm³/mol. The summed E-state index contributed by atoms with van der Waals surface area (Å²) in [5.41, 5.74) is 0.892. The first-order valence-electron chi connectivity index (χ1n) is 8.68. The average molecular weight is 381 g/mol. The van der Waals surface area contributed by atoms with Crippen molar-refractivity contribution in [1.82, 2.24) is 9.80 Å². The van der Waals surface area contributed by atoms with E-state index in [0.29, 0.717) is 31.3 Å². The van der Waals surface area contributed by atoms with Gasteiger partial charge in [-0.25, -0.2) is 0 Å². The number of hydrogen-bond acceptors (Lipinski definition) is 5. The summed E-state index contributed by atoms with van der Waals surface area (Å²) >= 11 is 5.87. The third kappa shape index (κ3) is 7.15. The summed E-state index contributed by atoms with van der Waals surface area (Å²) in [6.07, 6.45) is 3.46. The van der Waals surface area contributed by atoms with Crippen LogP contribution in [0.1, 0.15) is 12.0 Å². The molecule has 142 valence electrons. The van der Waals surface area contributed by atoms with Crippen molar-refractivity contribution in [3.63, 3.8) is 0 Å². The number of nitrogens with zero attached hydrogens (tertiary/aromatic N) is 2. The molecule has 7 heteroatoms. The number of amides is 1. The van der Waals surface area contributed by atoms with Crippen LogP contribution in [-0.4, -0.2) is 74.7 Å². The molecule has 2 rings (SSSR count). The molecule has 0 spiro atoms. The molecule has 1 fully saturated rings. The highest BCUT2D eigenvalue weighted by Gasteiger charge is 2.16. The van der Waals surface area contributed by atoms with Crippen LogP contribution in [0.5, 0.6) is 0 Å². The fourth-order valence-electron chi connectivity index (χ4n) is 2.59. The number of carbonyl (C=O) groups is 2. The standard InChI is InChI=1S/C19H25ClN2O4/c1-25-19(24)8-9-22(11-10-21-12-14-26-15-13-21)18(23)7-4-16-2-5-17(20)6-3-16/h2-7H,8-15H2,1H3/b7-4+. The van der Waals surface area contributed by atoms with Crippen LogP contribution < -0.4 is 0 Å². The van der Waals surface area contributed by atoms with Gasteiger partial charge < -0.3 is 14.4 Å². The van der Waals surface area contributed by atoms with Gasteiger partial charge >= 0.3 is 5.97 Å². The summed E-state index contributed by atoms with van der Waals surface area (Å²) in [6, 6.07) is 7.25. The SMILES string of the molecule is COC(=O)CCN(CCN1CCOCC1)C(=O)/C=C/c1ccc(Cl)cc1. The van der Waals surface area contributed by atoms with Gasteiger partial charge in [0.25, 0.3) is 0 Å². The van der Waals surface area contributed by atoms with Gasteiger partial charge in [0.1, 0.15) is 0 Å². The van der Waals surface area contributed by atoms with E-state index in [1.54, 1.807) is 23.1 Å². The van der Waals surface area contributed by atoms with Crippen LogP contribution in [0.2, 0.25) is 5.02 Å². The zero-order valence-corrected chi connectivity index (χ0v) is 15.8. The lowest BCUT2D eigenvalue weighted by molar-refractivity contribution is -0.141. The lowest BCUT2D eigenvalue weighted by Crippen LogP contribution is -2.43. The van der Waals surface area contributed by atoms with Crippen LogP contribution in [0.25, 0.3) is 6.08 Å². The summed E-state index contributed by atoms with van der Waals surface area (Å²) < 4.78 is 10.0. The normalized spacial score (nSPS) is 15.2.